The van der Waals surface area contributed by atoms with Gasteiger partial charge in [0.15, 0.2) is 11.9 Å². The van der Waals surface area contributed by atoms with Gasteiger partial charge in [0.1, 0.15) is 0 Å². The van der Waals surface area contributed by atoms with Gasteiger partial charge in [-0.05, 0) is 46.5 Å². The highest BCUT2D eigenvalue weighted by molar-refractivity contribution is 5.92. The van der Waals surface area contributed by atoms with E-state index in [1.165, 1.54) is 0 Å². The van der Waals surface area contributed by atoms with E-state index in [1.54, 1.807) is 23.9 Å². The molecule has 0 aromatic heterocycles. The van der Waals surface area contributed by atoms with Gasteiger partial charge in [-0.25, -0.2) is 0 Å². The maximum absolute atomic E-state index is 7.50. The molecule has 3 aromatic carbocycles. The van der Waals surface area contributed by atoms with Crippen LogP contribution >= 0.6 is 0 Å². The summed E-state index contributed by atoms with van der Waals surface area (Å²) < 4.78 is 0. The molecule has 0 heterocycles. The molecule has 0 saturated carbocycles. The van der Waals surface area contributed by atoms with Crippen molar-refractivity contribution in [3.8, 4) is 22.3 Å². The lowest BCUT2D eigenvalue weighted by atomic mass is 10.00. The van der Waals surface area contributed by atoms with Gasteiger partial charge in [0.25, 0.3) is 0 Å². The first-order valence-corrected chi connectivity index (χ1v) is 8.83. The third-order valence-electron chi connectivity index (χ3n) is 4.78. The Labute approximate surface area is 165 Å². The minimum absolute atomic E-state index is 0.0117. The first kappa shape index (κ1) is 19.0. The van der Waals surface area contributed by atoms with Crippen molar-refractivity contribution in [1.29, 1.82) is 10.8 Å². The number of guanidine groups is 2. The van der Waals surface area contributed by atoms with Gasteiger partial charge in [-0.2, -0.15) is 0 Å². The number of hydrogen-bond donors (Lipinski definition) is 4. The third-order valence-corrected chi connectivity index (χ3v) is 4.78. The van der Waals surface area contributed by atoms with Crippen molar-refractivity contribution in [3.63, 3.8) is 0 Å². The Bertz CT molecular complexity index is 893. The van der Waals surface area contributed by atoms with E-state index in [0.29, 0.717) is 0 Å². The molecule has 28 heavy (non-hydrogen) atoms. The van der Waals surface area contributed by atoms with Gasteiger partial charge in [-0.15, -0.1) is 0 Å². The molecule has 0 fully saturated rings. The highest BCUT2D eigenvalue weighted by Gasteiger charge is 2.06. The van der Waals surface area contributed by atoms with Crippen LogP contribution in [0.1, 0.15) is 0 Å². The fourth-order valence-corrected chi connectivity index (χ4v) is 2.89. The van der Waals surface area contributed by atoms with E-state index < -0.39 is 0 Å². The van der Waals surface area contributed by atoms with Crippen molar-refractivity contribution < 1.29 is 0 Å². The maximum atomic E-state index is 7.50. The van der Waals surface area contributed by atoms with E-state index in [4.69, 9.17) is 22.3 Å². The summed E-state index contributed by atoms with van der Waals surface area (Å²) in [7, 11) is 3.54. The molecule has 0 aliphatic carbocycles. The molecule has 3 rings (SSSR count). The van der Waals surface area contributed by atoms with Crippen molar-refractivity contribution in [1.82, 2.24) is 0 Å². The van der Waals surface area contributed by atoms with Crippen molar-refractivity contribution >= 4 is 23.3 Å². The average molecular weight is 372 g/mol. The number of nitrogens with two attached hydrogens (primary N) is 2. The summed E-state index contributed by atoms with van der Waals surface area (Å²) in [6.07, 6.45) is 0. The molecule has 6 heteroatoms. The lowest BCUT2D eigenvalue weighted by Crippen LogP contribution is -2.32. The van der Waals surface area contributed by atoms with E-state index in [1.807, 2.05) is 48.5 Å². The number of nitrogens with one attached hydrogen (secondary N) is 2. The van der Waals surface area contributed by atoms with Crippen LogP contribution in [0, 0.1) is 10.8 Å². The second-order valence-corrected chi connectivity index (χ2v) is 6.56. The fourth-order valence-electron chi connectivity index (χ4n) is 2.89. The minimum Gasteiger partial charge on any atom is -0.370 e. The SMILES string of the molecule is CN(C(=N)N)c1ccc(-c2ccc(-c3ccc(N(C)C(=N)N)cc3)cc2)cc1. The first-order valence-electron chi connectivity index (χ1n) is 8.83. The molecule has 0 spiro atoms. The molecule has 0 bridgehead atoms. The summed E-state index contributed by atoms with van der Waals surface area (Å²) in [5, 5.41) is 15.0. The van der Waals surface area contributed by atoms with E-state index in [9.17, 15) is 0 Å². The van der Waals surface area contributed by atoms with Crippen LogP contribution in [0.25, 0.3) is 22.3 Å². The van der Waals surface area contributed by atoms with Crippen LogP contribution in [0.4, 0.5) is 11.4 Å². The molecule has 0 aliphatic heterocycles. The molecule has 0 unspecified atom stereocenters. The Hall–Kier alpha value is -3.80. The Kier molecular flexibility index (Phi) is 5.31. The number of rotatable bonds is 4. The molecule has 3 aromatic rings. The van der Waals surface area contributed by atoms with E-state index in [-0.39, 0.29) is 11.9 Å². The Morgan fingerprint density at radius 1 is 0.536 bits per heavy atom. The standard InChI is InChI=1S/C22H24N6/c1-27(21(23)24)19-11-7-17(8-12-19)15-3-5-16(6-4-15)18-9-13-20(14-10-18)28(2)22(25)26/h3-14H,1-2H3,(H3,23,24)(H3,25,26). The largest absolute Gasteiger partial charge is 0.370 e. The fraction of sp³-hybridized carbons (Fsp3) is 0.0909. The van der Waals surface area contributed by atoms with Crippen molar-refractivity contribution in [2.24, 2.45) is 11.5 Å². The number of anilines is 2. The lowest BCUT2D eigenvalue weighted by molar-refractivity contribution is 1.20. The second-order valence-electron chi connectivity index (χ2n) is 6.56. The molecule has 0 amide bonds. The number of nitrogens with zero attached hydrogens (tertiary/aromatic N) is 2. The molecule has 6 N–H and O–H groups in total. The van der Waals surface area contributed by atoms with Crippen LogP contribution in [0.15, 0.2) is 72.8 Å². The number of hydrogen-bond acceptors (Lipinski definition) is 2. The summed E-state index contributed by atoms with van der Waals surface area (Å²) in [5.41, 5.74) is 17.2. The quantitative estimate of drug-likeness (QED) is 0.414. The Morgan fingerprint density at radius 2 is 0.750 bits per heavy atom. The van der Waals surface area contributed by atoms with Crippen LogP contribution in [0.2, 0.25) is 0 Å². The van der Waals surface area contributed by atoms with Gasteiger partial charge in [0.05, 0.1) is 0 Å². The van der Waals surface area contributed by atoms with Gasteiger partial charge < -0.3 is 21.3 Å². The highest BCUT2D eigenvalue weighted by atomic mass is 15.2. The van der Waals surface area contributed by atoms with Crippen LogP contribution in [-0.2, 0) is 0 Å². The zero-order chi connectivity index (χ0) is 20.3. The van der Waals surface area contributed by atoms with E-state index in [0.717, 1.165) is 33.6 Å². The zero-order valence-corrected chi connectivity index (χ0v) is 16.0. The molecule has 142 valence electrons. The van der Waals surface area contributed by atoms with Crippen molar-refractivity contribution in [2.75, 3.05) is 23.9 Å². The van der Waals surface area contributed by atoms with Crippen molar-refractivity contribution in [2.45, 2.75) is 0 Å². The van der Waals surface area contributed by atoms with Gasteiger partial charge in [0, 0.05) is 25.5 Å². The number of benzene rings is 3. The lowest BCUT2D eigenvalue weighted by Gasteiger charge is -2.17. The Morgan fingerprint density at radius 3 is 0.964 bits per heavy atom. The molecule has 0 aliphatic rings. The zero-order valence-electron chi connectivity index (χ0n) is 16.0. The summed E-state index contributed by atoms with van der Waals surface area (Å²) in [6.45, 7) is 0. The summed E-state index contributed by atoms with van der Waals surface area (Å²) in [4.78, 5) is 3.25. The second kappa shape index (κ2) is 7.84. The van der Waals surface area contributed by atoms with Gasteiger partial charge in [-0.3, -0.25) is 10.8 Å². The Balaban J connectivity index is 1.78. The maximum Gasteiger partial charge on any atom is 0.192 e. The van der Waals surface area contributed by atoms with Crippen LogP contribution in [0.3, 0.4) is 0 Å². The summed E-state index contributed by atoms with van der Waals surface area (Å²) in [6, 6.07) is 24.3. The van der Waals surface area contributed by atoms with Crippen LogP contribution in [0.5, 0.6) is 0 Å². The first-order chi connectivity index (χ1) is 13.4. The predicted octanol–water partition coefficient (Wildman–Crippen LogP) is 3.68. The summed E-state index contributed by atoms with van der Waals surface area (Å²) >= 11 is 0. The van der Waals surface area contributed by atoms with Crippen LogP contribution in [-0.4, -0.2) is 26.0 Å². The monoisotopic (exact) mass is 372 g/mol. The van der Waals surface area contributed by atoms with E-state index >= 15 is 0 Å². The van der Waals surface area contributed by atoms with Gasteiger partial charge >= 0.3 is 0 Å². The minimum atomic E-state index is 0.0117. The highest BCUT2D eigenvalue weighted by Crippen LogP contribution is 2.27. The third kappa shape index (κ3) is 3.96. The molecule has 0 atom stereocenters. The van der Waals surface area contributed by atoms with Crippen LogP contribution < -0.4 is 21.3 Å². The van der Waals surface area contributed by atoms with Gasteiger partial charge in [0.2, 0.25) is 0 Å². The van der Waals surface area contributed by atoms with E-state index in [2.05, 4.69) is 24.3 Å². The molecule has 0 radical (unpaired) electrons. The molecular weight excluding hydrogens is 348 g/mol. The summed E-state index contributed by atoms with van der Waals surface area (Å²) in [5.74, 6) is 0.0234. The van der Waals surface area contributed by atoms with Gasteiger partial charge in [-0.1, -0.05) is 48.5 Å². The predicted molar refractivity (Wildman–Crippen MR) is 118 cm³/mol. The van der Waals surface area contributed by atoms with Crippen molar-refractivity contribution in [3.05, 3.63) is 72.8 Å². The smallest absolute Gasteiger partial charge is 0.192 e. The molecule has 6 nitrogen and oxygen atoms in total. The topological polar surface area (TPSA) is 106 Å². The average Bonchev–Trinajstić information content (AvgIpc) is 2.73. The molecule has 0 saturated heterocycles. The molecular formula is C22H24N6. The normalized spacial score (nSPS) is 10.4.